The molecule has 0 aromatic carbocycles. The lowest BCUT2D eigenvalue weighted by Crippen LogP contribution is -2.19. The molecule has 1 heterocycles. The van der Waals surface area contributed by atoms with Crippen molar-refractivity contribution < 1.29 is 8.42 Å². The second-order valence-corrected chi connectivity index (χ2v) is 7.80. The summed E-state index contributed by atoms with van der Waals surface area (Å²) in [5.74, 6) is 0.154. The predicted octanol–water partition coefficient (Wildman–Crippen LogP) is 2.54. The molecular weight excluding hydrogens is 294 g/mol. The minimum absolute atomic E-state index is 0.154. The fourth-order valence-electron chi connectivity index (χ4n) is 1.83. The van der Waals surface area contributed by atoms with Gasteiger partial charge in [0.05, 0.1) is 11.4 Å². The lowest BCUT2D eigenvalue weighted by atomic mass is 10.3. The first-order chi connectivity index (χ1) is 9.48. The molecule has 0 aliphatic heterocycles. The highest BCUT2D eigenvalue weighted by Crippen LogP contribution is 2.23. The van der Waals surface area contributed by atoms with Gasteiger partial charge in [0.25, 0.3) is 0 Å². The van der Waals surface area contributed by atoms with Gasteiger partial charge in [-0.05, 0) is 45.7 Å². The highest BCUT2D eigenvalue weighted by molar-refractivity contribution is 7.92. The lowest BCUT2D eigenvalue weighted by molar-refractivity contribution is 0.590. The zero-order valence-corrected chi connectivity index (χ0v) is 14.2. The molecule has 20 heavy (non-hydrogen) atoms. The van der Waals surface area contributed by atoms with Crippen molar-refractivity contribution in [3.8, 4) is 0 Å². The van der Waals surface area contributed by atoms with Gasteiger partial charge in [-0.3, -0.25) is 4.72 Å². The van der Waals surface area contributed by atoms with Crippen LogP contribution in [0.15, 0.2) is 0 Å². The normalized spacial score (nSPS) is 11.8. The summed E-state index contributed by atoms with van der Waals surface area (Å²) in [6, 6.07) is 0. The van der Waals surface area contributed by atoms with Crippen LogP contribution in [-0.4, -0.2) is 32.2 Å². The number of anilines is 1. The molecule has 7 heteroatoms. The van der Waals surface area contributed by atoms with Gasteiger partial charge in [-0.25, -0.2) is 13.4 Å². The maximum Gasteiger partial charge on any atom is 0.234 e. The molecule has 0 saturated heterocycles. The van der Waals surface area contributed by atoms with Gasteiger partial charge in [0.1, 0.15) is 0 Å². The summed E-state index contributed by atoms with van der Waals surface area (Å²) in [6.45, 7) is 7.96. The highest BCUT2D eigenvalue weighted by atomic mass is 32.2. The quantitative estimate of drug-likeness (QED) is 0.650. The highest BCUT2D eigenvalue weighted by Gasteiger charge is 2.14. The number of unbranched alkanes of at least 4 members (excludes halogenated alkanes) is 1. The summed E-state index contributed by atoms with van der Waals surface area (Å²) in [7, 11) is -3.27. The molecule has 116 valence electrons. The average molecular weight is 319 g/mol. The van der Waals surface area contributed by atoms with Crippen molar-refractivity contribution in [3.63, 3.8) is 0 Å². The molecule has 0 spiro atoms. The van der Waals surface area contributed by atoms with Crippen molar-refractivity contribution in [2.75, 3.05) is 23.6 Å². The summed E-state index contributed by atoms with van der Waals surface area (Å²) >= 11 is 1.40. The Labute approximate surface area is 126 Å². The third-order valence-corrected chi connectivity index (χ3v) is 5.30. The van der Waals surface area contributed by atoms with E-state index in [0.717, 1.165) is 42.9 Å². The molecule has 0 fully saturated rings. The van der Waals surface area contributed by atoms with E-state index in [4.69, 9.17) is 0 Å². The smallest absolute Gasteiger partial charge is 0.234 e. The van der Waals surface area contributed by atoms with Crippen molar-refractivity contribution in [1.29, 1.82) is 0 Å². The zero-order chi connectivity index (χ0) is 15.0. The summed E-state index contributed by atoms with van der Waals surface area (Å²) in [6.07, 6.45) is 3.46. The number of rotatable bonds is 10. The largest absolute Gasteiger partial charge is 0.317 e. The van der Waals surface area contributed by atoms with Crippen molar-refractivity contribution in [1.82, 2.24) is 10.3 Å². The number of sulfonamides is 1. The first kappa shape index (κ1) is 17.4. The van der Waals surface area contributed by atoms with Gasteiger partial charge in [0, 0.05) is 4.88 Å². The molecule has 2 N–H and O–H groups in total. The third kappa shape index (κ3) is 6.19. The standard InChI is InChI=1S/C13H25N3O2S2/c1-4-8-14-9-6-7-10-20(17,18)16-13-15-12(5-2)11(3)19-13/h14H,4-10H2,1-3H3,(H,15,16). The molecule has 0 atom stereocenters. The molecule has 0 radical (unpaired) electrons. The van der Waals surface area contributed by atoms with Crippen LogP contribution in [0.2, 0.25) is 0 Å². The van der Waals surface area contributed by atoms with Gasteiger partial charge in [-0.15, -0.1) is 11.3 Å². The van der Waals surface area contributed by atoms with Crippen LogP contribution in [0.3, 0.4) is 0 Å². The Morgan fingerprint density at radius 1 is 1.20 bits per heavy atom. The summed E-state index contributed by atoms with van der Waals surface area (Å²) in [5.41, 5.74) is 0.969. The summed E-state index contributed by atoms with van der Waals surface area (Å²) < 4.78 is 26.4. The number of aromatic nitrogens is 1. The van der Waals surface area contributed by atoms with E-state index in [2.05, 4.69) is 21.9 Å². The SMILES string of the molecule is CCCNCCCCS(=O)(=O)Nc1nc(CC)c(C)s1. The molecule has 1 rings (SSSR count). The van der Waals surface area contributed by atoms with Crippen LogP contribution in [0, 0.1) is 6.92 Å². The van der Waals surface area contributed by atoms with Crippen molar-refractivity contribution in [2.45, 2.75) is 46.5 Å². The van der Waals surface area contributed by atoms with E-state index in [1.807, 2.05) is 13.8 Å². The number of aryl methyl sites for hydroxylation is 2. The van der Waals surface area contributed by atoms with Crippen LogP contribution < -0.4 is 10.0 Å². The first-order valence-electron chi connectivity index (χ1n) is 7.16. The first-order valence-corrected chi connectivity index (χ1v) is 9.63. The Morgan fingerprint density at radius 2 is 1.95 bits per heavy atom. The van der Waals surface area contributed by atoms with Gasteiger partial charge in [-0.1, -0.05) is 13.8 Å². The molecule has 0 saturated carbocycles. The predicted molar refractivity (Wildman–Crippen MR) is 86.0 cm³/mol. The molecule has 1 aromatic rings. The van der Waals surface area contributed by atoms with Crippen LogP contribution in [0.1, 0.15) is 43.7 Å². The number of thiazole rings is 1. The van der Waals surface area contributed by atoms with Crippen LogP contribution >= 0.6 is 11.3 Å². The van der Waals surface area contributed by atoms with Gasteiger partial charge in [0.15, 0.2) is 5.13 Å². The summed E-state index contributed by atoms with van der Waals surface area (Å²) in [5, 5.41) is 3.75. The van der Waals surface area contributed by atoms with Gasteiger partial charge >= 0.3 is 0 Å². The zero-order valence-electron chi connectivity index (χ0n) is 12.5. The number of nitrogens with zero attached hydrogens (tertiary/aromatic N) is 1. The van der Waals surface area contributed by atoms with E-state index in [1.54, 1.807) is 0 Å². The van der Waals surface area contributed by atoms with Gasteiger partial charge in [0.2, 0.25) is 10.0 Å². The minimum Gasteiger partial charge on any atom is -0.317 e. The molecule has 0 aliphatic rings. The number of hydrogen-bond acceptors (Lipinski definition) is 5. The second-order valence-electron chi connectivity index (χ2n) is 4.75. The Balaban J connectivity index is 2.37. The lowest BCUT2D eigenvalue weighted by Gasteiger charge is -2.05. The fraction of sp³-hybridized carbons (Fsp3) is 0.769. The molecule has 1 aromatic heterocycles. The van der Waals surface area contributed by atoms with E-state index in [-0.39, 0.29) is 5.75 Å². The van der Waals surface area contributed by atoms with Crippen LogP contribution in [0.5, 0.6) is 0 Å². The van der Waals surface area contributed by atoms with Crippen molar-refractivity contribution >= 4 is 26.5 Å². The summed E-state index contributed by atoms with van der Waals surface area (Å²) in [4.78, 5) is 5.38. The van der Waals surface area contributed by atoms with E-state index in [1.165, 1.54) is 11.3 Å². The topological polar surface area (TPSA) is 71.1 Å². The Bertz CT molecular complexity index is 498. The van der Waals surface area contributed by atoms with Crippen LogP contribution in [0.25, 0.3) is 0 Å². The van der Waals surface area contributed by atoms with E-state index in [9.17, 15) is 8.42 Å². The van der Waals surface area contributed by atoms with Crippen LogP contribution in [0.4, 0.5) is 5.13 Å². The number of hydrogen-bond donors (Lipinski definition) is 2. The Kier molecular flexibility index (Phi) is 7.47. The second kappa shape index (κ2) is 8.59. The van der Waals surface area contributed by atoms with Gasteiger partial charge < -0.3 is 5.32 Å². The monoisotopic (exact) mass is 319 g/mol. The van der Waals surface area contributed by atoms with Crippen molar-refractivity contribution in [3.05, 3.63) is 10.6 Å². The molecule has 0 bridgehead atoms. The van der Waals surface area contributed by atoms with E-state index in [0.29, 0.717) is 11.6 Å². The molecule has 0 amide bonds. The maximum atomic E-state index is 11.9. The minimum atomic E-state index is -3.27. The molecule has 0 aliphatic carbocycles. The molecule has 0 unspecified atom stereocenters. The Hall–Kier alpha value is -0.660. The average Bonchev–Trinajstić information content (AvgIpc) is 2.72. The van der Waals surface area contributed by atoms with Crippen LogP contribution in [-0.2, 0) is 16.4 Å². The fourth-order valence-corrected chi connectivity index (χ4v) is 4.13. The molecule has 5 nitrogen and oxygen atoms in total. The van der Waals surface area contributed by atoms with E-state index >= 15 is 0 Å². The van der Waals surface area contributed by atoms with Gasteiger partial charge in [-0.2, -0.15) is 0 Å². The molecular formula is C13H25N3O2S2. The van der Waals surface area contributed by atoms with Crippen molar-refractivity contribution in [2.24, 2.45) is 0 Å². The third-order valence-electron chi connectivity index (χ3n) is 2.91. The Morgan fingerprint density at radius 3 is 2.55 bits per heavy atom. The van der Waals surface area contributed by atoms with E-state index < -0.39 is 10.0 Å². The maximum absolute atomic E-state index is 11.9. The number of nitrogens with one attached hydrogen (secondary N) is 2.